The minimum atomic E-state index is -0.284. The molecule has 0 saturated carbocycles. The van der Waals surface area contributed by atoms with Crippen LogP contribution in [0.2, 0.25) is 0 Å². The van der Waals surface area contributed by atoms with Gasteiger partial charge in [0.15, 0.2) is 5.11 Å². The van der Waals surface area contributed by atoms with Crippen molar-refractivity contribution in [3.63, 3.8) is 0 Å². The highest BCUT2D eigenvalue weighted by atomic mass is 32.1. The molecule has 22 heavy (non-hydrogen) atoms. The van der Waals surface area contributed by atoms with E-state index in [2.05, 4.69) is 22.2 Å². The van der Waals surface area contributed by atoms with Crippen LogP contribution in [-0.2, 0) is 4.74 Å². The minimum absolute atomic E-state index is 0.284. The average molecular weight is 342 g/mol. The smallest absolute Gasteiger partial charge is 0.341 e. The van der Waals surface area contributed by atoms with Gasteiger partial charge in [-0.15, -0.1) is 11.3 Å². The summed E-state index contributed by atoms with van der Waals surface area (Å²) < 4.78 is 5.17. The molecule has 0 spiro atoms. The SMILES string of the molecule is CCOC(=O)c1c(NC(=S)N2CCN(C)CC2)sc(C)c1C. The van der Waals surface area contributed by atoms with Gasteiger partial charge in [0.1, 0.15) is 5.00 Å². The highest BCUT2D eigenvalue weighted by Crippen LogP contribution is 2.33. The lowest BCUT2D eigenvalue weighted by Gasteiger charge is -2.34. The number of hydrogen-bond acceptors (Lipinski definition) is 5. The largest absolute Gasteiger partial charge is 0.462 e. The normalized spacial score (nSPS) is 15.7. The number of aryl methyl sites for hydroxylation is 1. The summed E-state index contributed by atoms with van der Waals surface area (Å²) in [6.07, 6.45) is 0. The van der Waals surface area contributed by atoms with Gasteiger partial charge in [0.05, 0.1) is 12.2 Å². The Balaban J connectivity index is 2.13. The molecule has 1 saturated heterocycles. The third-order valence-electron chi connectivity index (χ3n) is 3.88. The molecular weight excluding hydrogens is 318 g/mol. The van der Waals surface area contributed by atoms with E-state index in [-0.39, 0.29) is 5.97 Å². The van der Waals surface area contributed by atoms with Crippen molar-refractivity contribution in [3.05, 3.63) is 16.0 Å². The van der Waals surface area contributed by atoms with E-state index in [1.54, 1.807) is 11.3 Å². The molecule has 1 aliphatic rings. The lowest BCUT2D eigenvalue weighted by atomic mass is 10.1. The van der Waals surface area contributed by atoms with E-state index in [4.69, 9.17) is 17.0 Å². The first kappa shape index (κ1) is 17.2. The Labute approximate surface area is 141 Å². The molecule has 1 aliphatic heterocycles. The van der Waals surface area contributed by atoms with Crippen molar-refractivity contribution in [1.29, 1.82) is 0 Å². The van der Waals surface area contributed by atoms with Crippen LogP contribution in [-0.4, -0.2) is 60.7 Å². The Kier molecular flexibility index (Phi) is 5.77. The van der Waals surface area contributed by atoms with Gasteiger partial charge >= 0.3 is 5.97 Å². The van der Waals surface area contributed by atoms with Crippen LogP contribution in [0.3, 0.4) is 0 Å². The zero-order chi connectivity index (χ0) is 16.3. The fourth-order valence-corrected chi connectivity index (χ4v) is 3.75. The summed E-state index contributed by atoms with van der Waals surface area (Å²) >= 11 is 7.06. The van der Waals surface area contributed by atoms with Gasteiger partial charge in [-0.05, 0) is 45.6 Å². The maximum atomic E-state index is 12.2. The molecule has 7 heteroatoms. The summed E-state index contributed by atoms with van der Waals surface area (Å²) in [7, 11) is 2.11. The molecule has 122 valence electrons. The quantitative estimate of drug-likeness (QED) is 0.673. The first-order valence-corrected chi connectivity index (χ1v) is 8.68. The second-order valence-corrected chi connectivity index (χ2v) is 7.04. The number of esters is 1. The number of thiocarbonyl (C=S) groups is 1. The summed E-state index contributed by atoms with van der Waals surface area (Å²) in [5, 5.41) is 4.72. The molecule has 0 aliphatic carbocycles. The Morgan fingerprint density at radius 2 is 1.95 bits per heavy atom. The van der Waals surface area contributed by atoms with E-state index >= 15 is 0 Å². The summed E-state index contributed by atoms with van der Waals surface area (Å²) in [5.74, 6) is -0.284. The van der Waals surface area contributed by atoms with Crippen molar-refractivity contribution in [3.8, 4) is 0 Å². The molecule has 1 N–H and O–H groups in total. The summed E-state index contributed by atoms with van der Waals surface area (Å²) in [4.78, 5) is 17.7. The predicted molar refractivity (Wildman–Crippen MR) is 95.0 cm³/mol. The molecule has 2 heterocycles. The van der Waals surface area contributed by atoms with Gasteiger partial charge in [-0.2, -0.15) is 0 Å². The number of nitrogens with one attached hydrogen (secondary N) is 1. The van der Waals surface area contributed by atoms with Gasteiger partial charge in [0, 0.05) is 31.1 Å². The first-order valence-electron chi connectivity index (χ1n) is 7.45. The van der Waals surface area contributed by atoms with Crippen LogP contribution in [0.4, 0.5) is 5.00 Å². The molecule has 0 bridgehead atoms. The fraction of sp³-hybridized carbons (Fsp3) is 0.600. The molecule has 0 unspecified atom stereocenters. The van der Waals surface area contributed by atoms with Crippen molar-refractivity contribution in [2.45, 2.75) is 20.8 Å². The first-order chi connectivity index (χ1) is 10.4. The van der Waals surface area contributed by atoms with E-state index in [0.717, 1.165) is 41.6 Å². The van der Waals surface area contributed by atoms with E-state index in [0.29, 0.717) is 17.3 Å². The molecule has 0 amide bonds. The zero-order valence-electron chi connectivity index (χ0n) is 13.6. The molecule has 0 atom stereocenters. The summed E-state index contributed by atoms with van der Waals surface area (Å²) in [6.45, 7) is 9.93. The average Bonchev–Trinajstić information content (AvgIpc) is 2.74. The highest BCUT2D eigenvalue weighted by Gasteiger charge is 2.23. The van der Waals surface area contributed by atoms with E-state index in [9.17, 15) is 4.79 Å². The van der Waals surface area contributed by atoms with E-state index < -0.39 is 0 Å². The van der Waals surface area contributed by atoms with Crippen LogP contribution < -0.4 is 5.32 Å². The van der Waals surface area contributed by atoms with Crippen molar-refractivity contribution in [1.82, 2.24) is 9.80 Å². The lowest BCUT2D eigenvalue weighted by Crippen LogP contribution is -2.48. The van der Waals surface area contributed by atoms with Gasteiger partial charge < -0.3 is 19.9 Å². The Hall–Kier alpha value is -1.18. The third kappa shape index (κ3) is 3.77. The third-order valence-corrected chi connectivity index (χ3v) is 5.36. The van der Waals surface area contributed by atoms with Crippen LogP contribution in [0.5, 0.6) is 0 Å². The predicted octanol–water partition coefficient (Wildman–Crippen LogP) is 2.49. The van der Waals surface area contributed by atoms with Gasteiger partial charge in [-0.25, -0.2) is 4.79 Å². The maximum Gasteiger partial charge on any atom is 0.341 e. The molecular formula is C15H23N3O2S2. The van der Waals surface area contributed by atoms with Crippen molar-refractivity contribution < 1.29 is 9.53 Å². The van der Waals surface area contributed by atoms with Crippen LogP contribution in [0, 0.1) is 13.8 Å². The zero-order valence-corrected chi connectivity index (χ0v) is 15.2. The van der Waals surface area contributed by atoms with Crippen LogP contribution in [0.15, 0.2) is 0 Å². The summed E-state index contributed by atoms with van der Waals surface area (Å²) in [5.41, 5.74) is 1.58. The Morgan fingerprint density at radius 3 is 2.55 bits per heavy atom. The molecule has 0 radical (unpaired) electrons. The topological polar surface area (TPSA) is 44.8 Å². The van der Waals surface area contributed by atoms with Gasteiger partial charge in [-0.3, -0.25) is 0 Å². The van der Waals surface area contributed by atoms with E-state index in [1.807, 2.05) is 20.8 Å². The lowest BCUT2D eigenvalue weighted by molar-refractivity contribution is 0.0527. The van der Waals surface area contributed by atoms with Crippen LogP contribution in [0.1, 0.15) is 27.7 Å². The second kappa shape index (κ2) is 7.39. The van der Waals surface area contributed by atoms with Gasteiger partial charge in [0.25, 0.3) is 0 Å². The second-order valence-electron chi connectivity index (χ2n) is 5.43. The number of piperazine rings is 1. The molecule has 5 nitrogen and oxygen atoms in total. The number of anilines is 1. The van der Waals surface area contributed by atoms with Gasteiger partial charge in [-0.1, -0.05) is 0 Å². The maximum absolute atomic E-state index is 12.2. The standard InChI is InChI=1S/C15H23N3O2S2/c1-5-20-14(19)12-10(2)11(3)22-13(12)16-15(21)18-8-6-17(4)7-9-18/h5-9H2,1-4H3,(H,16,21). The number of nitrogens with zero attached hydrogens (tertiary/aromatic N) is 2. The van der Waals surface area contributed by atoms with Gasteiger partial charge in [0.2, 0.25) is 0 Å². The molecule has 2 rings (SSSR count). The molecule has 1 fully saturated rings. The van der Waals surface area contributed by atoms with E-state index in [1.165, 1.54) is 0 Å². The number of carbonyl (C=O) groups is 1. The Bertz CT molecular complexity index is 563. The number of likely N-dealkylation sites (N-methyl/N-ethyl adjacent to an activating group) is 1. The van der Waals surface area contributed by atoms with Crippen LogP contribution in [0.25, 0.3) is 0 Å². The molecule has 1 aromatic rings. The molecule has 1 aromatic heterocycles. The van der Waals surface area contributed by atoms with Crippen molar-refractivity contribution >= 4 is 39.6 Å². The minimum Gasteiger partial charge on any atom is -0.462 e. The molecule has 0 aromatic carbocycles. The number of ether oxygens (including phenoxy) is 1. The Morgan fingerprint density at radius 1 is 1.32 bits per heavy atom. The summed E-state index contributed by atoms with van der Waals surface area (Å²) in [6, 6.07) is 0. The number of thiophene rings is 1. The number of rotatable bonds is 3. The van der Waals surface area contributed by atoms with Crippen LogP contribution >= 0.6 is 23.6 Å². The number of hydrogen-bond donors (Lipinski definition) is 1. The monoisotopic (exact) mass is 341 g/mol. The van der Waals surface area contributed by atoms with Crippen molar-refractivity contribution in [2.24, 2.45) is 0 Å². The van der Waals surface area contributed by atoms with Crippen molar-refractivity contribution in [2.75, 3.05) is 45.2 Å². The fourth-order valence-electron chi connectivity index (χ4n) is 2.35. The number of carbonyl (C=O) groups excluding carboxylic acids is 1. The highest BCUT2D eigenvalue weighted by molar-refractivity contribution is 7.80.